The highest BCUT2D eigenvalue weighted by Gasteiger charge is 2.10. The van der Waals surface area contributed by atoms with E-state index in [2.05, 4.69) is 32.5 Å². The molecule has 0 spiro atoms. The topological polar surface area (TPSA) is 29.9 Å². The average molecular weight is 306 g/mol. The summed E-state index contributed by atoms with van der Waals surface area (Å²) in [6.07, 6.45) is 2.19. The minimum atomic E-state index is 0.767. The molecule has 2 aromatic heterocycles. The molecule has 0 aliphatic rings. The third-order valence-corrected chi connectivity index (χ3v) is 4.45. The van der Waals surface area contributed by atoms with Crippen LogP contribution in [0.5, 0.6) is 0 Å². The number of nitrogens with zero attached hydrogens (tertiary/aromatic N) is 2. The van der Waals surface area contributed by atoms with Gasteiger partial charge in [-0.15, -0.1) is 11.3 Å². The Morgan fingerprint density at radius 1 is 1.40 bits per heavy atom. The van der Waals surface area contributed by atoms with E-state index in [-0.39, 0.29) is 0 Å². The third-order valence-electron chi connectivity index (χ3n) is 3.27. The van der Waals surface area contributed by atoms with Crippen molar-refractivity contribution in [3.05, 3.63) is 51.1 Å². The smallest absolute Gasteiger partial charge is 0.113 e. The first-order valence-electron chi connectivity index (χ1n) is 6.50. The van der Waals surface area contributed by atoms with E-state index in [0.717, 1.165) is 34.3 Å². The number of benzene rings is 1. The van der Waals surface area contributed by atoms with E-state index in [1.165, 1.54) is 10.9 Å². The van der Waals surface area contributed by atoms with Crippen LogP contribution in [0.4, 0.5) is 0 Å². The minimum Gasteiger partial charge on any atom is -0.340 e. The number of thiazole rings is 1. The Labute approximate surface area is 127 Å². The van der Waals surface area contributed by atoms with Gasteiger partial charge in [0.05, 0.1) is 12.1 Å². The largest absolute Gasteiger partial charge is 0.340 e. The Kier molecular flexibility index (Phi) is 3.78. The first-order chi connectivity index (χ1) is 9.67. The second-order valence-electron chi connectivity index (χ2n) is 4.86. The summed E-state index contributed by atoms with van der Waals surface area (Å²) in [7, 11) is 1.96. The summed E-state index contributed by atoms with van der Waals surface area (Å²) >= 11 is 7.84. The van der Waals surface area contributed by atoms with Crippen LogP contribution in [0.2, 0.25) is 5.02 Å². The van der Waals surface area contributed by atoms with Crippen molar-refractivity contribution in [3.63, 3.8) is 0 Å². The number of aryl methyl sites for hydroxylation is 1. The standard InChI is InChI=1S/C15H16ClN3S/c1-10-9-20-15(18-10)8-19-7-11(6-17-2)13-4-3-12(16)5-14(13)19/h3-5,7,9,17H,6,8H2,1-2H3. The highest BCUT2D eigenvalue weighted by atomic mass is 35.5. The molecule has 0 radical (unpaired) electrons. The van der Waals surface area contributed by atoms with E-state index in [4.69, 9.17) is 11.6 Å². The maximum absolute atomic E-state index is 6.14. The van der Waals surface area contributed by atoms with Gasteiger partial charge in [-0.05, 0) is 31.7 Å². The highest BCUT2D eigenvalue weighted by Crippen LogP contribution is 2.26. The number of rotatable bonds is 4. The van der Waals surface area contributed by atoms with Crippen LogP contribution in [0, 0.1) is 6.92 Å². The van der Waals surface area contributed by atoms with Gasteiger partial charge in [0.1, 0.15) is 5.01 Å². The molecule has 0 unspecified atom stereocenters. The summed E-state index contributed by atoms with van der Waals surface area (Å²) in [6, 6.07) is 6.06. The Morgan fingerprint density at radius 3 is 2.95 bits per heavy atom. The quantitative estimate of drug-likeness (QED) is 0.794. The van der Waals surface area contributed by atoms with Crippen LogP contribution in [0.25, 0.3) is 10.9 Å². The molecule has 5 heteroatoms. The summed E-state index contributed by atoms with van der Waals surface area (Å²) in [6.45, 7) is 3.66. The lowest BCUT2D eigenvalue weighted by molar-refractivity contribution is 0.791. The average Bonchev–Trinajstić information content (AvgIpc) is 2.96. The number of nitrogens with one attached hydrogen (secondary N) is 1. The van der Waals surface area contributed by atoms with Crippen molar-refractivity contribution in [2.24, 2.45) is 0 Å². The van der Waals surface area contributed by atoms with Gasteiger partial charge in [-0.1, -0.05) is 17.7 Å². The molecule has 0 saturated heterocycles. The summed E-state index contributed by atoms with van der Waals surface area (Å²) in [5.41, 5.74) is 3.53. The number of halogens is 1. The van der Waals surface area contributed by atoms with E-state index in [9.17, 15) is 0 Å². The fraction of sp³-hybridized carbons (Fsp3) is 0.267. The van der Waals surface area contributed by atoms with Gasteiger partial charge in [-0.2, -0.15) is 0 Å². The summed E-state index contributed by atoms with van der Waals surface area (Å²) < 4.78 is 2.23. The fourth-order valence-corrected chi connectivity index (χ4v) is 3.36. The van der Waals surface area contributed by atoms with E-state index in [1.807, 2.05) is 26.1 Å². The van der Waals surface area contributed by atoms with Crippen molar-refractivity contribution in [3.8, 4) is 0 Å². The van der Waals surface area contributed by atoms with Crippen LogP contribution < -0.4 is 5.32 Å². The van der Waals surface area contributed by atoms with Crippen molar-refractivity contribution in [1.29, 1.82) is 0 Å². The van der Waals surface area contributed by atoms with Crippen LogP contribution in [0.3, 0.4) is 0 Å². The van der Waals surface area contributed by atoms with Crippen molar-refractivity contribution in [2.75, 3.05) is 7.05 Å². The van der Waals surface area contributed by atoms with Gasteiger partial charge in [0.25, 0.3) is 0 Å². The molecule has 0 amide bonds. The molecule has 0 bridgehead atoms. The predicted octanol–water partition coefficient (Wildman–Crippen LogP) is 3.83. The van der Waals surface area contributed by atoms with Gasteiger partial charge in [0, 0.05) is 34.2 Å². The predicted molar refractivity (Wildman–Crippen MR) is 85.7 cm³/mol. The zero-order valence-corrected chi connectivity index (χ0v) is 13.1. The SMILES string of the molecule is CNCc1cn(Cc2nc(C)cs2)c2cc(Cl)ccc12. The monoisotopic (exact) mass is 305 g/mol. The zero-order chi connectivity index (χ0) is 14.1. The van der Waals surface area contributed by atoms with Crippen LogP contribution >= 0.6 is 22.9 Å². The molecule has 20 heavy (non-hydrogen) atoms. The van der Waals surface area contributed by atoms with E-state index < -0.39 is 0 Å². The molecule has 1 N–H and O–H groups in total. The Morgan fingerprint density at radius 2 is 2.25 bits per heavy atom. The summed E-state index contributed by atoms with van der Waals surface area (Å²) in [4.78, 5) is 4.54. The second-order valence-corrected chi connectivity index (χ2v) is 6.24. The highest BCUT2D eigenvalue weighted by molar-refractivity contribution is 7.09. The molecule has 3 nitrogen and oxygen atoms in total. The maximum atomic E-state index is 6.14. The molecule has 0 aliphatic heterocycles. The molecule has 3 aromatic rings. The van der Waals surface area contributed by atoms with Gasteiger partial charge in [-0.25, -0.2) is 4.98 Å². The van der Waals surface area contributed by atoms with E-state index in [1.54, 1.807) is 11.3 Å². The van der Waals surface area contributed by atoms with Crippen LogP contribution in [0.1, 0.15) is 16.3 Å². The normalized spacial score (nSPS) is 11.3. The summed E-state index contributed by atoms with van der Waals surface area (Å²) in [5, 5.41) is 8.43. The molecule has 0 saturated carbocycles. The minimum absolute atomic E-state index is 0.767. The number of aromatic nitrogens is 2. The van der Waals surface area contributed by atoms with Gasteiger partial charge >= 0.3 is 0 Å². The van der Waals surface area contributed by atoms with Gasteiger partial charge in [0.2, 0.25) is 0 Å². The Balaban J connectivity index is 2.06. The lowest BCUT2D eigenvalue weighted by Gasteiger charge is -2.02. The van der Waals surface area contributed by atoms with Crippen LogP contribution in [-0.2, 0) is 13.1 Å². The fourth-order valence-electron chi connectivity index (χ4n) is 2.42. The molecule has 0 atom stereocenters. The molecule has 3 rings (SSSR count). The Bertz CT molecular complexity index is 745. The second kappa shape index (κ2) is 5.56. The third kappa shape index (κ3) is 2.59. The van der Waals surface area contributed by atoms with Crippen molar-refractivity contribution < 1.29 is 0 Å². The molecule has 2 heterocycles. The van der Waals surface area contributed by atoms with Crippen LogP contribution in [0.15, 0.2) is 29.8 Å². The maximum Gasteiger partial charge on any atom is 0.113 e. The molecule has 104 valence electrons. The van der Waals surface area contributed by atoms with E-state index >= 15 is 0 Å². The number of fused-ring (bicyclic) bond motifs is 1. The summed E-state index contributed by atoms with van der Waals surface area (Å²) in [5.74, 6) is 0. The molecular formula is C15H16ClN3S. The number of hydrogen-bond acceptors (Lipinski definition) is 3. The zero-order valence-electron chi connectivity index (χ0n) is 11.5. The van der Waals surface area contributed by atoms with Crippen LogP contribution in [-0.4, -0.2) is 16.6 Å². The Hall–Kier alpha value is -1.36. The lowest BCUT2D eigenvalue weighted by Crippen LogP contribution is -2.04. The first kappa shape index (κ1) is 13.6. The number of hydrogen-bond donors (Lipinski definition) is 1. The molecule has 0 fully saturated rings. The van der Waals surface area contributed by atoms with Gasteiger partial charge in [0.15, 0.2) is 0 Å². The molecular weight excluding hydrogens is 290 g/mol. The van der Waals surface area contributed by atoms with Crippen molar-refractivity contribution in [2.45, 2.75) is 20.0 Å². The molecule has 1 aromatic carbocycles. The van der Waals surface area contributed by atoms with E-state index in [0.29, 0.717) is 0 Å². The van der Waals surface area contributed by atoms with Crippen molar-refractivity contribution in [1.82, 2.24) is 14.9 Å². The van der Waals surface area contributed by atoms with Gasteiger partial charge in [-0.3, -0.25) is 0 Å². The first-order valence-corrected chi connectivity index (χ1v) is 7.76. The molecule has 0 aliphatic carbocycles. The lowest BCUT2D eigenvalue weighted by atomic mass is 10.2. The van der Waals surface area contributed by atoms with Gasteiger partial charge < -0.3 is 9.88 Å². The van der Waals surface area contributed by atoms with Crippen molar-refractivity contribution >= 4 is 33.8 Å².